The molecule has 0 atom stereocenters. The van der Waals surface area contributed by atoms with E-state index in [0.717, 1.165) is 21.8 Å². The monoisotopic (exact) mass is 327 g/mol. The van der Waals surface area contributed by atoms with Crippen molar-refractivity contribution in [3.63, 3.8) is 0 Å². The van der Waals surface area contributed by atoms with Crippen LogP contribution in [-0.2, 0) is 0 Å². The Kier molecular flexibility index (Phi) is 3.50. The maximum Gasteiger partial charge on any atom is 0.124 e. The number of thiophene rings is 1. The molecule has 0 saturated carbocycles. The Balaban J connectivity index is 1.99. The number of aromatic hydroxyl groups is 1. The molecule has 1 aromatic carbocycles. The molecule has 0 bridgehead atoms. The van der Waals surface area contributed by atoms with Crippen molar-refractivity contribution in [1.82, 2.24) is 4.98 Å². The van der Waals surface area contributed by atoms with E-state index in [2.05, 4.69) is 4.98 Å². The van der Waals surface area contributed by atoms with Crippen molar-refractivity contribution in [3.05, 3.63) is 44.4 Å². The average Bonchev–Trinajstić information content (AvgIpc) is 2.97. The first-order chi connectivity index (χ1) is 9.13. The van der Waals surface area contributed by atoms with Gasteiger partial charge in [-0.15, -0.1) is 22.7 Å². The Labute approximate surface area is 127 Å². The second kappa shape index (κ2) is 5.13. The van der Waals surface area contributed by atoms with Gasteiger partial charge in [-0.2, -0.15) is 0 Å². The maximum absolute atomic E-state index is 9.28. The van der Waals surface area contributed by atoms with Gasteiger partial charge < -0.3 is 5.11 Å². The molecular weight excluding hydrogens is 321 g/mol. The molecule has 3 rings (SSSR count). The molecular formula is C13H7Cl2NOS2. The number of hydrogen-bond donors (Lipinski definition) is 1. The molecule has 19 heavy (non-hydrogen) atoms. The van der Waals surface area contributed by atoms with Crippen LogP contribution < -0.4 is 0 Å². The van der Waals surface area contributed by atoms with E-state index >= 15 is 0 Å². The summed E-state index contributed by atoms with van der Waals surface area (Å²) in [6.07, 6.45) is 0. The molecule has 1 N–H and O–H groups in total. The van der Waals surface area contributed by atoms with E-state index in [4.69, 9.17) is 23.2 Å². The zero-order valence-corrected chi connectivity index (χ0v) is 12.6. The van der Waals surface area contributed by atoms with Crippen LogP contribution >= 0.6 is 45.9 Å². The number of benzene rings is 1. The Bertz CT molecular complexity index is 719. The van der Waals surface area contributed by atoms with E-state index in [0.29, 0.717) is 8.67 Å². The number of nitrogens with zero attached hydrogens (tertiary/aromatic N) is 1. The first-order valence-electron chi connectivity index (χ1n) is 5.33. The molecule has 0 saturated heterocycles. The van der Waals surface area contributed by atoms with Crippen LogP contribution in [0, 0.1) is 0 Å². The smallest absolute Gasteiger partial charge is 0.124 e. The second-order valence-corrected chi connectivity index (χ2v) is 6.97. The molecule has 0 fully saturated rings. The van der Waals surface area contributed by atoms with Gasteiger partial charge in [0.15, 0.2) is 0 Å². The molecule has 0 aliphatic carbocycles. The standard InChI is InChI=1S/C13H7Cl2NOS2/c14-11-5-9(12(15)19-11)10-6-18-13(16-10)7-1-3-8(17)4-2-7/h1-6,17H. The van der Waals surface area contributed by atoms with Gasteiger partial charge in [0, 0.05) is 16.5 Å². The van der Waals surface area contributed by atoms with E-state index in [1.807, 2.05) is 23.6 Å². The summed E-state index contributed by atoms with van der Waals surface area (Å²) in [5, 5.41) is 12.1. The van der Waals surface area contributed by atoms with Crippen molar-refractivity contribution >= 4 is 45.9 Å². The van der Waals surface area contributed by atoms with Crippen molar-refractivity contribution in [3.8, 4) is 27.6 Å². The third kappa shape index (κ3) is 2.62. The maximum atomic E-state index is 9.28. The minimum atomic E-state index is 0.244. The van der Waals surface area contributed by atoms with E-state index in [1.165, 1.54) is 22.7 Å². The fourth-order valence-electron chi connectivity index (χ4n) is 1.65. The molecule has 96 valence electrons. The lowest BCUT2D eigenvalue weighted by Crippen LogP contribution is -1.77. The van der Waals surface area contributed by atoms with Crippen LogP contribution in [0.1, 0.15) is 0 Å². The van der Waals surface area contributed by atoms with Crippen molar-refractivity contribution in [2.45, 2.75) is 0 Å². The highest BCUT2D eigenvalue weighted by molar-refractivity contribution is 7.20. The number of halogens is 2. The number of aromatic nitrogens is 1. The third-order valence-electron chi connectivity index (χ3n) is 2.55. The normalized spacial score (nSPS) is 10.8. The van der Waals surface area contributed by atoms with E-state index < -0.39 is 0 Å². The molecule has 0 unspecified atom stereocenters. The first-order valence-corrected chi connectivity index (χ1v) is 7.79. The van der Waals surface area contributed by atoms with Gasteiger partial charge in [0.1, 0.15) is 15.1 Å². The van der Waals surface area contributed by atoms with Crippen molar-refractivity contribution in [2.24, 2.45) is 0 Å². The third-order valence-corrected chi connectivity index (χ3v) is 4.93. The molecule has 6 heteroatoms. The lowest BCUT2D eigenvalue weighted by Gasteiger charge is -1.96. The number of thiazole rings is 1. The predicted molar refractivity (Wildman–Crippen MR) is 82.5 cm³/mol. The van der Waals surface area contributed by atoms with Crippen LogP contribution in [0.5, 0.6) is 5.75 Å². The lowest BCUT2D eigenvalue weighted by molar-refractivity contribution is 0.475. The van der Waals surface area contributed by atoms with Gasteiger partial charge in [-0.1, -0.05) is 23.2 Å². The zero-order chi connectivity index (χ0) is 13.4. The Hall–Kier alpha value is -1.07. The van der Waals surface area contributed by atoms with Crippen LogP contribution in [0.2, 0.25) is 8.67 Å². The molecule has 2 nitrogen and oxygen atoms in total. The van der Waals surface area contributed by atoms with Crippen molar-refractivity contribution < 1.29 is 5.11 Å². The highest BCUT2D eigenvalue weighted by Gasteiger charge is 2.12. The molecule has 0 amide bonds. The first kappa shape index (κ1) is 12.9. The molecule has 0 spiro atoms. The van der Waals surface area contributed by atoms with Crippen molar-refractivity contribution in [2.75, 3.05) is 0 Å². The summed E-state index contributed by atoms with van der Waals surface area (Å²) in [7, 11) is 0. The summed E-state index contributed by atoms with van der Waals surface area (Å²) in [5.74, 6) is 0.244. The highest BCUT2D eigenvalue weighted by atomic mass is 35.5. The summed E-state index contributed by atoms with van der Waals surface area (Å²) in [6.45, 7) is 0. The van der Waals surface area contributed by atoms with Gasteiger partial charge in [0.2, 0.25) is 0 Å². The van der Waals surface area contributed by atoms with Gasteiger partial charge in [-0.3, -0.25) is 0 Å². The van der Waals surface area contributed by atoms with Gasteiger partial charge >= 0.3 is 0 Å². The van der Waals surface area contributed by atoms with Crippen LogP contribution in [0.4, 0.5) is 0 Å². The summed E-state index contributed by atoms with van der Waals surface area (Å²) < 4.78 is 1.30. The quantitative estimate of drug-likeness (QED) is 0.669. The molecule has 2 heterocycles. The fourth-order valence-corrected chi connectivity index (χ4v) is 3.96. The topological polar surface area (TPSA) is 33.1 Å². The van der Waals surface area contributed by atoms with Gasteiger partial charge in [-0.05, 0) is 30.3 Å². The number of phenols is 1. The molecule has 0 aliphatic heterocycles. The van der Waals surface area contributed by atoms with Crippen LogP contribution in [-0.4, -0.2) is 10.1 Å². The minimum absolute atomic E-state index is 0.244. The lowest BCUT2D eigenvalue weighted by atomic mass is 10.2. The summed E-state index contributed by atoms with van der Waals surface area (Å²) in [5.41, 5.74) is 2.64. The number of rotatable bonds is 2. The number of hydrogen-bond acceptors (Lipinski definition) is 4. The van der Waals surface area contributed by atoms with Gasteiger partial charge in [0.05, 0.1) is 10.0 Å². The summed E-state index contributed by atoms with van der Waals surface area (Å²) >= 11 is 14.9. The molecule has 0 aliphatic rings. The molecule has 0 radical (unpaired) electrons. The largest absolute Gasteiger partial charge is 0.508 e. The fraction of sp³-hybridized carbons (Fsp3) is 0. The zero-order valence-electron chi connectivity index (χ0n) is 9.43. The van der Waals surface area contributed by atoms with Crippen LogP contribution in [0.15, 0.2) is 35.7 Å². The van der Waals surface area contributed by atoms with E-state index in [1.54, 1.807) is 12.1 Å². The predicted octanol–water partition coefficient (Wildman–Crippen LogP) is 5.55. The van der Waals surface area contributed by atoms with Crippen LogP contribution in [0.3, 0.4) is 0 Å². The van der Waals surface area contributed by atoms with E-state index in [-0.39, 0.29) is 5.75 Å². The second-order valence-electron chi connectivity index (χ2n) is 3.82. The SMILES string of the molecule is Oc1ccc(-c2nc(-c3cc(Cl)sc3Cl)cs2)cc1. The average molecular weight is 328 g/mol. The molecule has 2 aromatic heterocycles. The van der Waals surface area contributed by atoms with Gasteiger partial charge in [0.25, 0.3) is 0 Å². The molecule has 3 aromatic rings. The summed E-state index contributed by atoms with van der Waals surface area (Å²) in [4.78, 5) is 4.56. The van der Waals surface area contributed by atoms with Gasteiger partial charge in [-0.25, -0.2) is 4.98 Å². The van der Waals surface area contributed by atoms with Crippen molar-refractivity contribution in [1.29, 1.82) is 0 Å². The Morgan fingerprint density at radius 3 is 2.47 bits per heavy atom. The number of phenolic OH excluding ortho intramolecular Hbond substituents is 1. The highest BCUT2D eigenvalue weighted by Crippen LogP contribution is 2.39. The Morgan fingerprint density at radius 1 is 1.11 bits per heavy atom. The van der Waals surface area contributed by atoms with Crippen LogP contribution in [0.25, 0.3) is 21.8 Å². The minimum Gasteiger partial charge on any atom is -0.508 e. The Morgan fingerprint density at radius 2 is 1.84 bits per heavy atom. The summed E-state index contributed by atoms with van der Waals surface area (Å²) in [6, 6.07) is 8.78. The van der Waals surface area contributed by atoms with E-state index in [9.17, 15) is 5.11 Å².